The topological polar surface area (TPSA) is 73.5 Å². The molecule has 1 aliphatic rings. The number of hydrogen-bond acceptors (Lipinski definition) is 5. The van der Waals surface area contributed by atoms with Gasteiger partial charge in [-0.15, -0.1) is 0 Å². The van der Waals surface area contributed by atoms with Crippen LogP contribution < -0.4 is 10.1 Å². The zero-order chi connectivity index (χ0) is 23.9. The number of benzene rings is 2. The van der Waals surface area contributed by atoms with Gasteiger partial charge >= 0.3 is 0 Å². The van der Waals surface area contributed by atoms with Crippen molar-refractivity contribution in [2.75, 3.05) is 51.2 Å². The fraction of sp³-hybridized carbons (Fsp3) is 0.333. The number of aromatic nitrogens is 1. The summed E-state index contributed by atoms with van der Waals surface area (Å²) < 4.78 is 7.75. The van der Waals surface area contributed by atoms with Gasteiger partial charge in [0.15, 0.2) is 0 Å². The van der Waals surface area contributed by atoms with E-state index in [9.17, 15) is 10.1 Å². The van der Waals surface area contributed by atoms with Crippen LogP contribution in [0.1, 0.15) is 16.8 Å². The molecule has 34 heavy (non-hydrogen) atoms. The molecule has 7 nitrogen and oxygen atoms in total. The molecule has 2 aromatic carbocycles. The monoisotopic (exact) mass is 457 g/mol. The Kier molecular flexibility index (Phi) is 7.63. The van der Waals surface area contributed by atoms with E-state index in [1.165, 1.54) is 0 Å². The fourth-order valence-corrected chi connectivity index (χ4v) is 4.32. The molecule has 0 saturated carbocycles. The smallest absolute Gasteiger partial charge is 0.239 e. The van der Waals surface area contributed by atoms with E-state index in [2.05, 4.69) is 21.2 Å². The Balaban J connectivity index is 1.32. The SMILES string of the molecule is Cc1c(C#N)c(NC(=O)CN2CCN(CCOc3ccccc3)CC2)n(-c2ccccc2)c1C. The lowest BCUT2D eigenvalue weighted by Gasteiger charge is -2.34. The number of para-hydroxylation sites is 2. The van der Waals surface area contributed by atoms with Crippen LogP contribution in [0, 0.1) is 25.2 Å². The predicted octanol–water partition coefficient (Wildman–Crippen LogP) is 3.60. The summed E-state index contributed by atoms with van der Waals surface area (Å²) in [5.41, 5.74) is 3.27. The number of nitrogens with one attached hydrogen (secondary N) is 1. The van der Waals surface area contributed by atoms with Crippen LogP contribution >= 0.6 is 0 Å². The molecule has 0 bridgehead atoms. The van der Waals surface area contributed by atoms with Crippen molar-refractivity contribution >= 4 is 11.7 Å². The second-order valence-corrected chi connectivity index (χ2v) is 8.54. The van der Waals surface area contributed by atoms with Crippen molar-refractivity contribution in [3.8, 4) is 17.5 Å². The van der Waals surface area contributed by atoms with Crippen LogP contribution in [-0.4, -0.2) is 66.1 Å². The molecule has 0 atom stereocenters. The quantitative estimate of drug-likeness (QED) is 0.560. The van der Waals surface area contributed by atoms with Crippen LogP contribution in [-0.2, 0) is 4.79 Å². The van der Waals surface area contributed by atoms with Gasteiger partial charge in [-0.25, -0.2) is 0 Å². The minimum absolute atomic E-state index is 0.105. The zero-order valence-electron chi connectivity index (χ0n) is 19.8. The maximum Gasteiger partial charge on any atom is 0.239 e. The molecule has 1 fully saturated rings. The van der Waals surface area contributed by atoms with Crippen LogP contribution in [0.3, 0.4) is 0 Å². The van der Waals surface area contributed by atoms with Crippen molar-refractivity contribution < 1.29 is 9.53 Å². The third-order valence-electron chi connectivity index (χ3n) is 6.35. The largest absolute Gasteiger partial charge is 0.492 e. The molecule has 1 amide bonds. The minimum atomic E-state index is -0.105. The van der Waals surface area contributed by atoms with E-state index < -0.39 is 0 Å². The highest BCUT2D eigenvalue weighted by Crippen LogP contribution is 2.29. The predicted molar refractivity (Wildman–Crippen MR) is 133 cm³/mol. The van der Waals surface area contributed by atoms with Gasteiger partial charge in [-0.2, -0.15) is 5.26 Å². The second kappa shape index (κ2) is 11.0. The average Bonchev–Trinajstić information content (AvgIpc) is 3.10. The number of anilines is 1. The zero-order valence-corrected chi connectivity index (χ0v) is 19.8. The normalized spacial score (nSPS) is 14.5. The first-order valence-corrected chi connectivity index (χ1v) is 11.7. The molecule has 7 heteroatoms. The number of hydrogen-bond donors (Lipinski definition) is 1. The minimum Gasteiger partial charge on any atom is -0.492 e. The highest BCUT2D eigenvalue weighted by Gasteiger charge is 2.23. The van der Waals surface area contributed by atoms with Gasteiger partial charge in [-0.1, -0.05) is 36.4 Å². The number of carbonyl (C=O) groups excluding carboxylic acids is 1. The highest BCUT2D eigenvalue weighted by molar-refractivity contribution is 5.93. The molecule has 176 valence electrons. The first kappa shape index (κ1) is 23.6. The van der Waals surface area contributed by atoms with Gasteiger partial charge in [0.05, 0.1) is 12.1 Å². The van der Waals surface area contributed by atoms with Crippen molar-refractivity contribution in [3.05, 3.63) is 77.5 Å². The molecule has 1 aromatic heterocycles. The van der Waals surface area contributed by atoms with E-state index in [1.807, 2.05) is 79.1 Å². The van der Waals surface area contributed by atoms with Crippen molar-refractivity contribution in [3.63, 3.8) is 0 Å². The summed E-state index contributed by atoms with van der Waals surface area (Å²) in [5.74, 6) is 1.33. The standard InChI is InChI=1S/C27H31N5O2/c1-21-22(2)32(23-9-5-3-6-10-23)27(25(21)19-28)29-26(33)20-31-15-13-30(14-16-31)17-18-34-24-11-7-4-8-12-24/h3-12H,13-18,20H2,1-2H3,(H,29,33). The van der Waals surface area contributed by atoms with Crippen molar-refractivity contribution in [1.29, 1.82) is 5.26 Å². The molecule has 1 N–H and O–H groups in total. The van der Waals surface area contributed by atoms with Gasteiger partial charge in [-0.05, 0) is 43.7 Å². The molecule has 1 aliphatic heterocycles. The Bertz CT molecular complexity index is 1140. The van der Waals surface area contributed by atoms with Crippen LogP contribution in [0.25, 0.3) is 5.69 Å². The molecule has 2 heterocycles. The van der Waals surface area contributed by atoms with Gasteiger partial charge in [0.1, 0.15) is 24.2 Å². The van der Waals surface area contributed by atoms with Gasteiger partial charge in [0.2, 0.25) is 5.91 Å². The first-order chi connectivity index (χ1) is 16.6. The molecule has 0 unspecified atom stereocenters. The molecular weight excluding hydrogens is 426 g/mol. The Morgan fingerprint density at radius 2 is 1.59 bits per heavy atom. The fourth-order valence-electron chi connectivity index (χ4n) is 4.32. The third kappa shape index (κ3) is 5.48. The third-order valence-corrected chi connectivity index (χ3v) is 6.35. The second-order valence-electron chi connectivity index (χ2n) is 8.54. The van der Waals surface area contributed by atoms with Crippen molar-refractivity contribution in [2.24, 2.45) is 0 Å². The van der Waals surface area contributed by atoms with E-state index in [0.29, 0.717) is 24.5 Å². The summed E-state index contributed by atoms with van der Waals surface area (Å²) >= 11 is 0. The van der Waals surface area contributed by atoms with E-state index in [0.717, 1.165) is 55.4 Å². The summed E-state index contributed by atoms with van der Waals surface area (Å²) in [7, 11) is 0. The average molecular weight is 458 g/mol. The summed E-state index contributed by atoms with van der Waals surface area (Å²) in [6, 6.07) is 21.9. The van der Waals surface area contributed by atoms with Crippen LogP contribution in [0.15, 0.2) is 60.7 Å². The Morgan fingerprint density at radius 3 is 2.24 bits per heavy atom. The van der Waals surface area contributed by atoms with Crippen LogP contribution in [0.2, 0.25) is 0 Å². The molecule has 1 saturated heterocycles. The summed E-state index contributed by atoms with van der Waals surface area (Å²) in [4.78, 5) is 17.5. The molecule has 0 aliphatic carbocycles. The number of piperazine rings is 1. The first-order valence-electron chi connectivity index (χ1n) is 11.7. The van der Waals surface area contributed by atoms with Crippen molar-refractivity contribution in [2.45, 2.75) is 13.8 Å². The molecule has 3 aromatic rings. The maximum atomic E-state index is 13.0. The summed E-state index contributed by atoms with van der Waals surface area (Å²) in [6.45, 7) is 9.14. The maximum absolute atomic E-state index is 13.0. The lowest BCUT2D eigenvalue weighted by molar-refractivity contribution is -0.117. The van der Waals surface area contributed by atoms with Gasteiger partial charge in [0, 0.05) is 44.1 Å². The lowest BCUT2D eigenvalue weighted by Crippen LogP contribution is -2.49. The lowest BCUT2D eigenvalue weighted by atomic mass is 10.2. The van der Waals surface area contributed by atoms with E-state index >= 15 is 0 Å². The molecule has 0 spiro atoms. The Hall–Kier alpha value is -3.60. The number of ether oxygens (including phenoxy) is 1. The summed E-state index contributed by atoms with van der Waals surface area (Å²) in [5, 5.41) is 12.8. The van der Waals surface area contributed by atoms with Crippen LogP contribution in [0.5, 0.6) is 5.75 Å². The van der Waals surface area contributed by atoms with Gasteiger partial charge < -0.3 is 10.1 Å². The van der Waals surface area contributed by atoms with Gasteiger partial charge in [0.25, 0.3) is 0 Å². The summed E-state index contributed by atoms with van der Waals surface area (Å²) in [6.07, 6.45) is 0. The molecule has 0 radical (unpaired) electrons. The molecular formula is C27H31N5O2. The number of rotatable bonds is 8. The van der Waals surface area contributed by atoms with E-state index in [-0.39, 0.29) is 5.91 Å². The van der Waals surface area contributed by atoms with Gasteiger partial charge in [-0.3, -0.25) is 19.2 Å². The van der Waals surface area contributed by atoms with E-state index in [4.69, 9.17) is 4.74 Å². The van der Waals surface area contributed by atoms with Crippen LogP contribution in [0.4, 0.5) is 5.82 Å². The number of nitriles is 1. The Morgan fingerprint density at radius 1 is 0.971 bits per heavy atom. The van der Waals surface area contributed by atoms with Crippen molar-refractivity contribution in [1.82, 2.24) is 14.4 Å². The number of amides is 1. The van der Waals surface area contributed by atoms with E-state index in [1.54, 1.807) is 0 Å². The number of nitrogens with zero attached hydrogens (tertiary/aromatic N) is 4. The highest BCUT2D eigenvalue weighted by atomic mass is 16.5. The molecule has 4 rings (SSSR count). The Labute approximate surface area is 201 Å². The number of carbonyl (C=O) groups is 1.